The molecule has 0 bridgehead atoms. The standard InChI is InChI=1S/C16H21N5O2/c1-10(2)16-18-14(8-15(19-16)21(3)4)20-17-9-11-5-6-12(22)7-13(11)23/h5-10,22-23H,1-4H3,(H,18,19,20)/b17-9-. The number of nitrogens with zero attached hydrogens (tertiary/aromatic N) is 4. The van der Waals surface area contributed by atoms with E-state index >= 15 is 0 Å². The van der Waals surface area contributed by atoms with Crippen molar-refractivity contribution in [2.45, 2.75) is 19.8 Å². The quantitative estimate of drug-likeness (QED) is 0.580. The van der Waals surface area contributed by atoms with Crippen molar-refractivity contribution >= 4 is 17.9 Å². The Morgan fingerprint density at radius 1 is 1.17 bits per heavy atom. The highest BCUT2D eigenvalue weighted by Gasteiger charge is 2.09. The zero-order valence-electron chi connectivity index (χ0n) is 13.6. The lowest BCUT2D eigenvalue weighted by atomic mass is 10.2. The summed E-state index contributed by atoms with van der Waals surface area (Å²) in [5, 5.41) is 23.1. The molecule has 1 aromatic heterocycles. The molecule has 2 aromatic rings. The summed E-state index contributed by atoms with van der Waals surface area (Å²) in [4.78, 5) is 10.8. The van der Waals surface area contributed by atoms with Crippen LogP contribution in [0.2, 0.25) is 0 Å². The van der Waals surface area contributed by atoms with Crippen LogP contribution in [-0.2, 0) is 0 Å². The maximum Gasteiger partial charge on any atom is 0.152 e. The number of benzene rings is 1. The van der Waals surface area contributed by atoms with E-state index in [0.29, 0.717) is 11.4 Å². The SMILES string of the molecule is CC(C)c1nc(N/N=C\c2ccc(O)cc2O)cc(N(C)C)n1. The van der Waals surface area contributed by atoms with Gasteiger partial charge in [0.2, 0.25) is 0 Å². The van der Waals surface area contributed by atoms with E-state index < -0.39 is 0 Å². The van der Waals surface area contributed by atoms with Crippen LogP contribution in [0.1, 0.15) is 31.2 Å². The van der Waals surface area contributed by atoms with E-state index in [9.17, 15) is 10.2 Å². The Morgan fingerprint density at radius 2 is 1.91 bits per heavy atom. The third-order valence-corrected chi connectivity index (χ3v) is 3.10. The van der Waals surface area contributed by atoms with Crippen LogP contribution in [0.3, 0.4) is 0 Å². The molecular weight excluding hydrogens is 294 g/mol. The van der Waals surface area contributed by atoms with Crippen molar-refractivity contribution in [3.63, 3.8) is 0 Å². The number of aromatic hydroxyl groups is 2. The van der Waals surface area contributed by atoms with Gasteiger partial charge in [-0.1, -0.05) is 13.8 Å². The Balaban J connectivity index is 2.20. The molecule has 0 saturated carbocycles. The molecule has 2 rings (SSSR count). The minimum absolute atomic E-state index is 0.000564. The van der Waals surface area contributed by atoms with Crippen LogP contribution in [0, 0.1) is 0 Å². The first-order valence-electron chi connectivity index (χ1n) is 7.24. The molecule has 0 fully saturated rings. The maximum absolute atomic E-state index is 9.71. The summed E-state index contributed by atoms with van der Waals surface area (Å²) in [5.74, 6) is 2.23. The lowest BCUT2D eigenvalue weighted by Gasteiger charge is -2.15. The molecule has 0 spiro atoms. The van der Waals surface area contributed by atoms with Crippen LogP contribution < -0.4 is 10.3 Å². The van der Waals surface area contributed by atoms with Gasteiger partial charge in [-0.25, -0.2) is 9.97 Å². The first-order valence-corrected chi connectivity index (χ1v) is 7.24. The Hall–Kier alpha value is -2.83. The molecule has 0 saturated heterocycles. The summed E-state index contributed by atoms with van der Waals surface area (Å²) < 4.78 is 0. The minimum atomic E-state index is -0.0462. The van der Waals surface area contributed by atoms with Crippen molar-refractivity contribution in [1.82, 2.24) is 9.97 Å². The first kappa shape index (κ1) is 16.5. The lowest BCUT2D eigenvalue weighted by Crippen LogP contribution is -2.13. The fourth-order valence-corrected chi connectivity index (χ4v) is 1.81. The van der Waals surface area contributed by atoms with Gasteiger partial charge >= 0.3 is 0 Å². The second-order valence-corrected chi connectivity index (χ2v) is 5.63. The number of hydrazone groups is 1. The largest absolute Gasteiger partial charge is 0.508 e. The van der Waals surface area contributed by atoms with Crippen LogP contribution in [-0.4, -0.2) is 40.5 Å². The van der Waals surface area contributed by atoms with Crippen LogP contribution in [0.5, 0.6) is 11.5 Å². The predicted octanol–water partition coefficient (Wildman–Crippen LogP) is 2.52. The number of nitrogens with one attached hydrogen (secondary N) is 1. The van der Waals surface area contributed by atoms with Crippen molar-refractivity contribution < 1.29 is 10.2 Å². The van der Waals surface area contributed by atoms with Gasteiger partial charge in [0, 0.05) is 37.7 Å². The maximum atomic E-state index is 9.71. The monoisotopic (exact) mass is 315 g/mol. The minimum Gasteiger partial charge on any atom is -0.508 e. The third kappa shape index (κ3) is 4.32. The zero-order chi connectivity index (χ0) is 17.0. The van der Waals surface area contributed by atoms with Gasteiger partial charge in [-0.05, 0) is 12.1 Å². The smallest absolute Gasteiger partial charge is 0.152 e. The Kier molecular flexibility index (Phi) is 5.00. The van der Waals surface area contributed by atoms with Gasteiger partial charge in [0.25, 0.3) is 0 Å². The Labute approximate surface area is 135 Å². The van der Waals surface area contributed by atoms with Crippen LogP contribution in [0.15, 0.2) is 29.4 Å². The summed E-state index contributed by atoms with van der Waals surface area (Å²) in [6.07, 6.45) is 1.46. The molecule has 23 heavy (non-hydrogen) atoms. The topological polar surface area (TPSA) is 93.9 Å². The molecule has 0 atom stereocenters. The number of anilines is 2. The van der Waals surface area contributed by atoms with Crippen molar-refractivity contribution in [3.05, 3.63) is 35.7 Å². The molecule has 122 valence electrons. The van der Waals surface area contributed by atoms with E-state index in [1.54, 1.807) is 12.1 Å². The fraction of sp³-hybridized carbons (Fsp3) is 0.312. The summed E-state index contributed by atoms with van der Waals surface area (Å²) in [7, 11) is 3.82. The molecule has 3 N–H and O–H groups in total. The summed E-state index contributed by atoms with van der Waals surface area (Å²) in [6, 6.07) is 6.10. The molecule has 0 aliphatic carbocycles. The van der Waals surface area contributed by atoms with Crippen LogP contribution >= 0.6 is 0 Å². The normalized spacial score (nSPS) is 11.2. The molecule has 0 amide bonds. The van der Waals surface area contributed by atoms with Gasteiger partial charge in [-0.2, -0.15) is 5.10 Å². The second kappa shape index (κ2) is 6.95. The van der Waals surface area contributed by atoms with Gasteiger partial charge < -0.3 is 15.1 Å². The second-order valence-electron chi connectivity index (χ2n) is 5.63. The molecule has 0 aliphatic rings. The highest BCUT2D eigenvalue weighted by Crippen LogP contribution is 2.21. The van der Waals surface area contributed by atoms with Crippen molar-refractivity contribution in [1.29, 1.82) is 0 Å². The predicted molar refractivity (Wildman–Crippen MR) is 91.4 cm³/mol. The fourth-order valence-electron chi connectivity index (χ4n) is 1.81. The van der Waals surface area contributed by atoms with Crippen molar-refractivity contribution in [3.8, 4) is 11.5 Å². The van der Waals surface area contributed by atoms with Gasteiger partial charge in [0.05, 0.1) is 6.21 Å². The van der Waals surface area contributed by atoms with Gasteiger partial charge in [0.15, 0.2) is 5.82 Å². The number of hydrogen-bond donors (Lipinski definition) is 3. The highest BCUT2D eigenvalue weighted by molar-refractivity contribution is 5.84. The first-order chi connectivity index (χ1) is 10.9. The van der Waals surface area contributed by atoms with Gasteiger partial charge in [0.1, 0.15) is 23.1 Å². The summed E-state index contributed by atoms with van der Waals surface area (Å²) >= 11 is 0. The average Bonchev–Trinajstić information content (AvgIpc) is 2.49. The summed E-state index contributed by atoms with van der Waals surface area (Å²) in [6.45, 7) is 4.05. The van der Waals surface area contributed by atoms with Gasteiger partial charge in [-0.3, -0.25) is 5.43 Å². The molecule has 1 heterocycles. The van der Waals surface area contributed by atoms with Crippen LogP contribution in [0.25, 0.3) is 0 Å². The number of hydrogen-bond acceptors (Lipinski definition) is 7. The van der Waals surface area contributed by atoms with E-state index in [0.717, 1.165) is 11.6 Å². The van der Waals surface area contributed by atoms with E-state index in [1.165, 1.54) is 18.3 Å². The molecule has 1 aromatic carbocycles. The molecule has 7 nitrogen and oxygen atoms in total. The number of aromatic nitrogens is 2. The van der Waals surface area contributed by atoms with E-state index in [2.05, 4.69) is 20.5 Å². The number of phenols is 2. The average molecular weight is 315 g/mol. The van der Waals surface area contributed by atoms with Crippen molar-refractivity contribution in [2.24, 2.45) is 5.10 Å². The molecule has 7 heteroatoms. The van der Waals surface area contributed by atoms with Gasteiger partial charge in [-0.15, -0.1) is 0 Å². The van der Waals surface area contributed by atoms with Crippen LogP contribution in [0.4, 0.5) is 11.6 Å². The van der Waals surface area contributed by atoms with Crippen molar-refractivity contribution in [2.75, 3.05) is 24.4 Å². The summed E-state index contributed by atoms with van der Waals surface area (Å²) in [5.41, 5.74) is 3.33. The highest BCUT2D eigenvalue weighted by atomic mass is 16.3. The molecular formula is C16H21N5O2. The Morgan fingerprint density at radius 3 is 2.52 bits per heavy atom. The third-order valence-electron chi connectivity index (χ3n) is 3.10. The molecule has 0 radical (unpaired) electrons. The molecule has 0 aliphatic heterocycles. The molecule has 0 unspecified atom stereocenters. The van der Waals surface area contributed by atoms with E-state index in [1.807, 2.05) is 32.8 Å². The zero-order valence-corrected chi connectivity index (χ0v) is 13.6. The number of rotatable bonds is 5. The Bertz CT molecular complexity index is 687. The van der Waals surface area contributed by atoms with E-state index in [-0.39, 0.29) is 17.4 Å². The lowest BCUT2D eigenvalue weighted by molar-refractivity contribution is 0.450. The number of phenolic OH excluding ortho intramolecular Hbond substituents is 2. The van der Waals surface area contributed by atoms with E-state index in [4.69, 9.17) is 0 Å².